The standard InChI is InChI=1S/C17H27N3O/c1-19-8-10-20(11-9-19)14-4-3-5-15-13(12-14)6-7-16(18)17(15)21-2/h6-7,14H,3-5,8-12,18H2,1-2H3. The molecule has 0 aromatic heterocycles. The Kier molecular flexibility index (Phi) is 4.36. The number of likely N-dealkylation sites (N-methyl/N-ethyl adjacent to an activating group) is 1. The number of benzene rings is 1. The number of methoxy groups -OCH3 is 1. The summed E-state index contributed by atoms with van der Waals surface area (Å²) >= 11 is 0. The van der Waals surface area contributed by atoms with E-state index in [9.17, 15) is 0 Å². The van der Waals surface area contributed by atoms with E-state index in [0.717, 1.165) is 24.3 Å². The fourth-order valence-electron chi connectivity index (χ4n) is 3.76. The van der Waals surface area contributed by atoms with E-state index in [1.807, 2.05) is 6.07 Å². The number of nitrogen functional groups attached to an aromatic ring is 1. The van der Waals surface area contributed by atoms with E-state index in [2.05, 4.69) is 22.9 Å². The Balaban J connectivity index is 1.80. The van der Waals surface area contributed by atoms with Crippen LogP contribution in [0.1, 0.15) is 24.0 Å². The lowest BCUT2D eigenvalue weighted by Crippen LogP contribution is -2.49. The number of nitrogens with two attached hydrogens (primary N) is 1. The van der Waals surface area contributed by atoms with Crippen molar-refractivity contribution >= 4 is 5.69 Å². The molecule has 4 nitrogen and oxygen atoms in total. The van der Waals surface area contributed by atoms with Crippen molar-refractivity contribution in [1.29, 1.82) is 0 Å². The van der Waals surface area contributed by atoms with Gasteiger partial charge in [0.2, 0.25) is 0 Å². The van der Waals surface area contributed by atoms with Gasteiger partial charge in [0.1, 0.15) is 5.75 Å². The van der Waals surface area contributed by atoms with Crippen LogP contribution in [0.15, 0.2) is 12.1 Å². The summed E-state index contributed by atoms with van der Waals surface area (Å²) in [5, 5.41) is 0. The van der Waals surface area contributed by atoms with Gasteiger partial charge < -0.3 is 15.4 Å². The predicted octanol–water partition coefficient (Wildman–Crippen LogP) is 1.77. The minimum Gasteiger partial charge on any atom is -0.494 e. The van der Waals surface area contributed by atoms with Gasteiger partial charge in [0.05, 0.1) is 12.8 Å². The molecule has 1 unspecified atom stereocenters. The van der Waals surface area contributed by atoms with E-state index in [-0.39, 0.29) is 0 Å². The normalized spacial score (nSPS) is 24.4. The topological polar surface area (TPSA) is 41.7 Å². The summed E-state index contributed by atoms with van der Waals surface area (Å²) in [7, 11) is 3.95. The van der Waals surface area contributed by atoms with Crippen molar-refractivity contribution in [3.8, 4) is 5.75 Å². The highest BCUT2D eigenvalue weighted by Gasteiger charge is 2.26. The second-order valence-corrected chi connectivity index (χ2v) is 6.42. The first-order valence-electron chi connectivity index (χ1n) is 8.06. The Morgan fingerprint density at radius 2 is 1.95 bits per heavy atom. The summed E-state index contributed by atoms with van der Waals surface area (Å²) in [4.78, 5) is 5.10. The molecular formula is C17H27N3O. The van der Waals surface area contributed by atoms with E-state index in [0.29, 0.717) is 6.04 Å². The lowest BCUT2D eigenvalue weighted by atomic mass is 9.99. The summed E-state index contributed by atoms with van der Waals surface area (Å²) in [5.41, 5.74) is 9.61. The molecule has 1 aromatic carbocycles. The number of anilines is 1. The molecule has 0 bridgehead atoms. The van der Waals surface area contributed by atoms with E-state index in [1.54, 1.807) is 7.11 Å². The number of fused-ring (bicyclic) bond motifs is 1. The van der Waals surface area contributed by atoms with Crippen LogP contribution in [0.4, 0.5) is 5.69 Å². The zero-order valence-corrected chi connectivity index (χ0v) is 13.3. The molecule has 1 saturated heterocycles. The summed E-state index contributed by atoms with van der Waals surface area (Å²) in [6, 6.07) is 4.89. The highest BCUT2D eigenvalue weighted by atomic mass is 16.5. The van der Waals surface area contributed by atoms with Crippen molar-refractivity contribution in [2.24, 2.45) is 0 Å². The zero-order valence-electron chi connectivity index (χ0n) is 13.3. The van der Waals surface area contributed by atoms with Crippen LogP contribution in [0.2, 0.25) is 0 Å². The number of hydrogen-bond acceptors (Lipinski definition) is 4. The molecule has 2 aliphatic rings. The summed E-state index contributed by atoms with van der Waals surface area (Å²) in [5.74, 6) is 0.909. The van der Waals surface area contributed by atoms with Gasteiger partial charge in [0.25, 0.3) is 0 Å². The molecule has 0 amide bonds. The van der Waals surface area contributed by atoms with Gasteiger partial charge in [-0.3, -0.25) is 4.90 Å². The van der Waals surface area contributed by atoms with E-state index in [4.69, 9.17) is 10.5 Å². The molecule has 0 saturated carbocycles. The molecule has 3 rings (SSSR count). The highest BCUT2D eigenvalue weighted by Crippen LogP contribution is 2.34. The van der Waals surface area contributed by atoms with Gasteiger partial charge in [-0.1, -0.05) is 6.07 Å². The Morgan fingerprint density at radius 1 is 1.19 bits per heavy atom. The van der Waals surface area contributed by atoms with Gasteiger partial charge in [-0.25, -0.2) is 0 Å². The summed E-state index contributed by atoms with van der Waals surface area (Å²) in [6.45, 7) is 4.77. The first kappa shape index (κ1) is 14.7. The Bertz CT molecular complexity index is 495. The van der Waals surface area contributed by atoms with Gasteiger partial charge in [-0.2, -0.15) is 0 Å². The quantitative estimate of drug-likeness (QED) is 0.665. The van der Waals surface area contributed by atoms with Crippen LogP contribution in [-0.4, -0.2) is 56.2 Å². The smallest absolute Gasteiger partial charge is 0.145 e. The van der Waals surface area contributed by atoms with Crippen molar-refractivity contribution in [3.63, 3.8) is 0 Å². The fourth-order valence-corrected chi connectivity index (χ4v) is 3.76. The molecule has 0 radical (unpaired) electrons. The largest absolute Gasteiger partial charge is 0.494 e. The van der Waals surface area contributed by atoms with Crippen LogP contribution in [-0.2, 0) is 12.8 Å². The molecule has 2 N–H and O–H groups in total. The predicted molar refractivity (Wildman–Crippen MR) is 86.9 cm³/mol. The molecule has 4 heteroatoms. The monoisotopic (exact) mass is 289 g/mol. The molecule has 116 valence electrons. The molecule has 1 aliphatic heterocycles. The minimum absolute atomic E-state index is 0.674. The third-order valence-electron chi connectivity index (χ3n) is 5.07. The zero-order chi connectivity index (χ0) is 14.8. The van der Waals surface area contributed by atoms with Gasteiger partial charge in [0.15, 0.2) is 0 Å². The Labute approximate surface area is 127 Å². The number of ether oxygens (including phenoxy) is 1. The summed E-state index contributed by atoms with van der Waals surface area (Å²) in [6.07, 6.45) is 4.73. The van der Waals surface area contributed by atoms with E-state index in [1.165, 1.54) is 50.1 Å². The third-order valence-corrected chi connectivity index (χ3v) is 5.07. The molecule has 1 atom stereocenters. The van der Waals surface area contributed by atoms with Crippen LogP contribution in [0, 0.1) is 0 Å². The van der Waals surface area contributed by atoms with Crippen LogP contribution in [0.5, 0.6) is 5.75 Å². The number of rotatable bonds is 2. The molecule has 1 fully saturated rings. The second-order valence-electron chi connectivity index (χ2n) is 6.42. The average Bonchev–Trinajstić information content (AvgIpc) is 2.70. The molecular weight excluding hydrogens is 262 g/mol. The number of hydrogen-bond donors (Lipinski definition) is 1. The maximum absolute atomic E-state index is 6.06. The second kappa shape index (κ2) is 6.24. The van der Waals surface area contributed by atoms with Crippen molar-refractivity contribution < 1.29 is 4.74 Å². The Morgan fingerprint density at radius 3 is 2.67 bits per heavy atom. The summed E-state index contributed by atoms with van der Waals surface area (Å²) < 4.78 is 5.55. The SMILES string of the molecule is COc1c(N)ccc2c1CCCC(N1CCN(C)CC1)C2. The fraction of sp³-hybridized carbons (Fsp3) is 0.647. The average molecular weight is 289 g/mol. The van der Waals surface area contributed by atoms with Crippen molar-refractivity contribution in [3.05, 3.63) is 23.3 Å². The van der Waals surface area contributed by atoms with Crippen molar-refractivity contribution in [2.45, 2.75) is 31.7 Å². The number of piperazine rings is 1. The van der Waals surface area contributed by atoms with Crippen LogP contribution in [0.3, 0.4) is 0 Å². The van der Waals surface area contributed by atoms with Crippen molar-refractivity contribution in [1.82, 2.24) is 9.80 Å². The Hall–Kier alpha value is -1.26. The van der Waals surface area contributed by atoms with Crippen LogP contribution in [0.25, 0.3) is 0 Å². The molecule has 0 spiro atoms. The molecule has 1 heterocycles. The maximum Gasteiger partial charge on any atom is 0.145 e. The molecule has 1 aliphatic carbocycles. The van der Waals surface area contributed by atoms with Crippen LogP contribution >= 0.6 is 0 Å². The highest BCUT2D eigenvalue weighted by molar-refractivity contribution is 5.60. The first-order valence-corrected chi connectivity index (χ1v) is 8.06. The van der Waals surface area contributed by atoms with Gasteiger partial charge in [-0.15, -0.1) is 0 Å². The molecule has 21 heavy (non-hydrogen) atoms. The van der Waals surface area contributed by atoms with Crippen LogP contribution < -0.4 is 10.5 Å². The molecule has 1 aromatic rings. The van der Waals surface area contributed by atoms with Crippen molar-refractivity contribution in [2.75, 3.05) is 46.1 Å². The van der Waals surface area contributed by atoms with Gasteiger partial charge in [0, 0.05) is 32.2 Å². The van der Waals surface area contributed by atoms with E-state index >= 15 is 0 Å². The van der Waals surface area contributed by atoms with Gasteiger partial charge in [-0.05, 0) is 49.9 Å². The third kappa shape index (κ3) is 3.01. The maximum atomic E-state index is 6.06. The lowest BCUT2D eigenvalue weighted by Gasteiger charge is -2.37. The minimum atomic E-state index is 0.674. The van der Waals surface area contributed by atoms with Gasteiger partial charge >= 0.3 is 0 Å². The first-order chi connectivity index (χ1) is 10.2. The lowest BCUT2D eigenvalue weighted by molar-refractivity contribution is 0.106. The van der Waals surface area contributed by atoms with E-state index < -0.39 is 0 Å². The number of nitrogens with zero attached hydrogens (tertiary/aromatic N) is 2.